The minimum Gasteiger partial charge on any atom is -0.288 e. The fourth-order valence-corrected chi connectivity index (χ4v) is 3.44. The van der Waals surface area contributed by atoms with Gasteiger partial charge in [-0.25, -0.2) is 4.79 Å². The topological polar surface area (TPSA) is 47.6 Å². The molecule has 0 atom stereocenters. The van der Waals surface area contributed by atoms with Gasteiger partial charge in [0.2, 0.25) is 0 Å². The standard InChI is InChI=1S/C14H25NO3SSi/c1-14(2,3)18-17-13(16)15-11-7-9-19-12(11)8-10-20(4,5)6/h7,9H,8,10H2,1-6H3,(H,15,16). The van der Waals surface area contributed by atoms with Crippen LogP contribution in [0.4, 0.5) is 10.5 Å². The summed E-state index contributed by atoms with van der Waals surface area (Å²) in [6.45, 7) is 12.5. The average Bonchev–Trinajstić information content (AvgIpc) is 2.69. The highest BCUT2D eigenvalue weighted by Gasteiger charge is 2.18. The molecule has 0 aromatic carbocycles. The summed E-state index contributed by atoms with van der Waals surface area (Å²) in [5.41, 5.74) is 0.322. The molecule has 0 fully saturated rings. The Bertz CT molecular complexity index is 446. The first kappa shape index (κ1) is 17.2. The molecule has 0 unspecified atom stereocenters. The summed E-state index contributed by atoms with van der Waals surface area (Å²) in [4.78, 5) is 22.6. The van der Waals surface area contributed by atoms with Crippen LogP contribution in [0.15, 0.2) is 11.4 Å². The van der Waals surface area contributed by atoms with Gasteiger partial charge >= 0.3 is 6.09 Å². The number of nitrogens with one attached hydrogen (secondary N) is 1. The summed E-state index contributed by atoms with van der Waals surface area (Å²) >= 11 is 1.67. The van der Waals surface area contributed by atoms with Crippen molar-refractivity contribution in [3.8, 4) is 0 Å². The first-order valence-corrected chi connectivity index (χ1v) is 11.4. The lowest BCUT2D eigenvalue weighted by Crippen LogP contribution is -2.24. The minimum atomic E-state index is -1.08. The molecular weight excluding hydrogens is 290 g/mol. The van der Waals surface area contributed by atoms with Crippen molar-refractivity contribution in [1.29, 1.82) is 0 Å². The Morgan fingerprint density at radius 3 is 2.55 bits per heavy atom. The van der Waals surface area contributed by atoms with Crippen molar-refractivity contribution in [2.75, 3.05) is 5.32 Å². The largest absolute Gasteiger partial charge is 0.443 e. The van der Waals surface area contributed by atoms with Gasteiger partial charge in [-0.15, -0.1) is 11.3 Å². The monoisotopic (exact) mass is 315 g/mol. The molecule has 0 aliphatic rings. The molecule has 20 heavy (non-hydrogen) atoms. The maximum absolute atomic E-state index is 11.7. The molecular formula is C14H25NO3SSi. The van der Waals surface area contributed by atoms with Gasteiger partial charge in [0.15, 0.2) is 0 Å². The van der Waals surface area contributed by atoms with Crippen molar-refractivity contribution in [3.63, 3.8) is 0 Å². The summed E-state index contributed by atoms with van der Waals surface area (Å²) in [5, 5.41) is 4.72. The highest BCUT2D eigenvalue weighted by Crippen LogP contribution is 2.26. The molecule has 6 heteroatoms. The van der Waals surface area contributed by atoms with Crippen molar-refractivity contribution >= 4 is 31.2 Å². The third kappa shape index (κ3) is 7.07. The number of amides is 1. The van der Waals surface area contributed by atoms with Crippen LogP contribution in [0.1, 0.15) is 25.6 Å². The highest BCUT2D eigenvalue weighted by atomic mass is 32.1. The van der Waals surface area contributed by atoms with Crippen LogP contribution in [0.2, 0.25) is 25.7 Å². The summed E-state index contributed by atoms with van der Waals surface area (Å²) in [6, 6.07) is 3.11. The van der Waals surface area contributed by atoms with E-state index in [1.165, 1.54) is 10.9 Å². The molecule has 1 aromatic heterocycles. The molecule has 0 bridgehead atoms. The maximum atomic E-state index is 11.7. The number of rotatable bonds is 5. The fourth-order valence-electron chi connectivity index (χ4n) is 1.43. The molecule has 0 saturated carbocycles. The van der Waals surface area contributed by atoms with Crippen LogP contribution in [0.25, 0.3) is 0 Å². The molecule has 0 radical (unpaired) electrons. The third-order valence-corrected chi connectivity index (χ3v) is 5.18. The van der Waals surface area contributed by atoms with Crippen molar-refractivity contribution in [2.24, 2.45) is 0 Å². The zero-order valence-corrected chi connectivity index (χ0v) is 15.0. The van der Waals surface area contributed by atoms with Gasteiger partial charge in [0, 0.05) is 13.0 Å². The van der Waals surface area contributed by atoms with Crippen molar-refractivity contribution in [2.45, 2.75) is 58.5 Å². The Morgan fingerprint density at radius 1 is 1.35 bits per heavy atom. The molecule has 4 nitrogen and oxygen atoms in total. The van der Waals surface area contributed by atoms with E-state index in [0.717, 1.165) is 12.1 Å². The van der Waals surface area contributed by atoms with Gasteiger partial charge in [-0.05, 0) is 38.6 Å². The summed E-state index contributed by atoms with van der Waals surface area (Å²) in [7, 11) is -1.08. The zero-order chi connectivity index (χ0) is 15.4. The Hall–Kier alpha value is -0.853. The summed E-state index contributed by atoms with van der Waals surface area (Å²) in [5.74, 6) is 0. The van der Waals surface area contributed by atoms with E-state index in [2.05, 4.69) is 25.0 Å². The number of anilines is 1. The Kier molecular flexibility index (Phi) is 5.79. The Balaban J connectivity index is 2.52. The third-order valence-electron chi connectivity index (χ3n) is 2.45. The number of carbonyl (C=O) groups is 1. The second-order valence-electron chi connectivity index (χ2n) is 7.01. The Morgan fingerprint density at radius 2 is 2.00 bits per heavy atom. The summed E-state index contributed by atoms with van der Waals surface area (Å²) < 4.78 is 0. The number of hydrogen-bond donors (Lipinski definition) is 1. The smallest absolute Gasteiger partial charge is 0.288 e. The van der Waals surface area contributed by atoms with Crippen LogP contribution >= 0.6 is 11.3 Å². The molecule has 0 saturated heterocycles. The molecule has 114 valence electrons. The second kappa shape index (κ2) is 6.73. The van der Waals surface area contributed by atoms with Crippen molar-refractivity contribution in [3.05, 3.63) is 16.3 Å². The van der Waals surface area contributed by atoms with E-state index in [-0.39, 0.29) is 0 Å². The highest BCUT2D eigenvalue weighted by molar-refractivity contribution is 7.10. The molecule has 0 spiro atoms. The first-order valence-electron chi connectivity index (χ1n) is 6.80. The first-order chi connectivity index (χ1) is 9.07. The van der Waals surface area contributed by atoms with Crippen LogP contribution in [0.3, 0.4) is 0 Å². The summed E-state index contributed by atoms with van der Waals surface area (Å²) in [6.07, 6.45) is 0.427. The van der Waals surface area contributed by atoms with Crippen LogP contribution in [0.5, 0.6) is 0 Å². The van der Waals surface area contributed by atoms with Crippen LogP contribution in [0, 0.1) is 0 Å². The fraction of sp³-hybridized carbons (Fsp3) is 0.643. The van der Waals surface area contributed by atoms with Gasteiger partial charge in [0.1, 0.15) is 5.60 Å². The van der Waals surface area contributed by atoms with E-state index in [4.69, 9.17) is 9.78 Å². The predicted molar refractivity (Wildman–Crippen MR) is 87.1 cm³/mol. The lowest BCUT2D eigenvalue weighted by Gasteiger charge is -2.17. The lowest BCUT2D eigenvalue weighted by molar-refractivity contribution is -0.297. The number of carbonyl (C=O) groups excluding carboxylic acids is 1. The SMILES string of the molecule is CC(C)(C)OOC(=O)Nc1ccsc1CC[Si](C)(C)C. The van der Waals surface area contributed by atoms with Crippen molar-refractivity contribution in [1.82, 2.24) is 0 Å². The molecule has 1 rings (SSSR count). The van der Waals surface area contributed by atoms with E-state index in [1.807, 2.05) is 32.2 Å². The quantitative estimate of drug-likeness (QED) is 0.477. The predicted octanol–water partition coefficient (Wildman–Crippen LogP) is 4.91. The number of hydrogen-bond acceptors (Lipinski definition) is 4. The molecule has 1 N–H and O–H groups in total. The number of aryl methyl sites for hydroxylation is 1. The van der Waals surface area contributed by atoms with Crippen molar-refractivity contribution < 1.29 is 14.6 Å². The van der Waals surface area contributed by atoms with Gasteiger partial charge < -0.3 is 0 Å². The molecule has 0 aliphatic heterocycles. The maximum Gasteiger partial charge on any atom is 0.443 e. The molecule has 1 aromatic rings. The molecule has 1 amide bonds. The van der Waals surface area contributed by atoms with Gasteiger partial charge in [0.05, 0.1) is 5.69 Å². The second-order valence-corrected chi connectivity index (χ2v) is 13.6. The van der Waals surface area contributed by atoms with Crippen LogP contribution < -0.4 is 5.32 Å². The van der Waals surface area contributed by atoms with E-state index < -0.39 is 19.8 Å². The molecule has 1 heterocycles. The van der Waals surface area contributed by atoms with Gasteiger partial charge in [-0.2, -0.15) is 4.89 Å². The van der Waals surface area contributed by atoms with E-state index >= 15 is 0 Å². The van der Waals surface area contributed by atoms with Gasteiger partial charge in [-0.1, -0.05) is 25.7 Å². The lowest BCUT2D eigenvalue weighted by atomic mass is 10.2. The minimum absolute atomic E-state index is 0.507. The van der Waals surface area contributed by atoms with Crippen LogP contribution in [-0.4, -0.2) is 19.8 Å². The number of thiophene rings is 1. The molecule has 0 aliphatic carbocycles. The van der Waals surface area contributed by atoms with E-state index in [9.17, 15) is 4.79 Å². The van der Waals surface area contributed by atoms with E-state index in [0.29, 0.717) is 0 Å². The van der Waals surface area contributed by atoms with Crippen LogP contribution in [-0.2, 0) is 16.2 Å². The average molecular weight is 316 g/mol. The van der Waals surface area contributed by atoms with Gasteiger partial charge in [-0.3, -0.25) is 10.2 Å². The Labute approximate surface area is 126 Å². The van der Waals surface area contributed by atoms with E-state index in [1.54, 1.807) is 11.3 Å². The normalized spacial score (nSPS) is 12.3. The van der Waals surface area contributed by atoms with Gasteiger partial charge in [0.25, 0.3) is 0 Å². The zero-order valence-electron chi connectivity index (χ0n) is 13.2.